The molecular weight excluding hydrogens is 364 g/mol. The molecule has 0 saturated carbocycles. The van der Waals surface area contributed by atoms with Gasteiger partial charge >= 0.3 is 5.69 Å². The molecule has 9 heteroatoms. The van der Waals surface area contributed by atoms with Crippen molar-refractivity contribution >= 4 is 21.6 Å². The van der Waals surface area contributed by atoms with Gasteiger partial charge in [-0.05, 0) is 36.8 Å². The minimum absolute atomic E-state index is 0.0589. The molecule has 0 unspecified atom stereocenters. The first-order chi connectivity index (χ1) is 11.8. The van der Waals surface area contributed by atoms with Crippen LogP contribution in [-0.4, -0.2) is 23.3 Å². The fourth-order valence-electron chi connectivity index (χ4n) is 2.22. The van der Waals surface area contributed by atoms with Gasteiger partial charge in [0.2, 0.25) is 0 Å². The van der Waals surface area contributed by atoms with Gasteiger partial charge in [0.15, 0.2) is 5.82 Å². The van der Waals surface area contributed by atoms with Gasteiger partial charge in [-0.25, -0.2) is 14.7 Å². The van der Waals surface area contributed by atoms with Crippen LogP contribution in [0.5, 0.6) is 0 Å². The zero-order valence-electron chi connectivity index (χ0n) is 13.2. The van der Waals surface area contributed by atoms with E-state index in [0.29, 0.717) is 5.02 Å². The first-order valence-corrected chi connectivity index (χ1v) is 9.21. The van der Waals surface area contributed by atoms with Crippen LogP contribution in [0.3, 0.4) is 0 Å². The van der Waals surface area contributed by atoms with Crippen LogP contribution in [0.2, 0.25) is 5.02 Å². The van der Waals surface area contributed by atoms with Gasteiger partial charge in [0.1, 0.15) is 0 Å². The SMILES string of the molecule is Cc1ccc(S(=O)(=O)Nn2c(Cc3ccc(Cl)cc3)n[nH]c2=O)cc1. The molecule has 1 heterocycles. The van der Waals surface area contributed by atoms with E-state index in [1.807, 2.05) is 6.92 Å². The molecule has 2 N–H and O–H groups in total. The third kappa shape index (κ3) is 3.92. The van der Waals surface area contributed by atoms with Gasteiger partial charge in [0, 0.05) is 11.4 Å². The Balaban J connectivity index is 1.90. The molecule has 3 aromatic rings. The molecule has 25 heavy (non-hydrogen) atoms. The normalized spacial score (nSPS) is 11.4. The zero-order valence-corrected chi connectivity index (χ0v) is 14.8. The minimum atomic E-state index is -3.91. The van der Waals surface area contributed by atoms with Crippen molar-refractivity contribution in [1.29, 1.82) is 0 Å². The first-order valence-electron chi connectivity index (χ1n) is 7.35. The second-order valence-corrected chi connectivity index (χ2v) is 7.59. The lowest BCUT2D eigenvalue weighted by Gasteiger charge is -2.10. The number of nitrogens with one attached hydrogen (secondary N) is 2. The average Bonchev–Trinajstić information content (AvgIpc) is 2.90. The van der Waals surface area contributed by atoms with E-state index in [4.69, 9.17) is 11.6 Å². The summed E-state index contributed by atoms with van der Waals surface area (Å²) in [5, 5.41) is 6.73. The van der Waals surface area contributed by atoms with Crippen molar-refractivity contribution in [3.8, 4) is 0 Å². The minimum Gasteiger partial charge on any atom is -0.244 e. The highest BCUT2D eigenvalue weighted by molar-refractivity contribution is 7.92. The summed E-state index contributed by atoms with van der Waals surface area (Å²) in [5.74, 6) is 0.239. The molecule has 0 bridgehead atoms. The summed E-state index contributed by atoms with van der Waals surface area (Å²) >= 11 is 5.85. The largest absolute Gasteiger partial charge is 0.363 e. The lowest BCUT2D eigenvalue weighted by molar-refractivity contribution is 0.593. The lowest BCUT2D eigenvalue weighted by atomic mass is 10.1. The number of nitrogens with zero attached hydrogens (tertiary/aromatic N) is 2. The van der Waals surface area contributed by atoms with E-state index in [-0.39, 0.29) is 17.1 Å². The summed E-state index contributed by atoms with van der Waals surface area (Å²) in [6.07, 6.45) is 0.256. The van der Waals surface area contributed by atoms with Crippen molar-refractivity contribution in [3.63, 3.8) is 0 Å². The van der Waals surface area contributed by atoms with Crippen molar-refractivity contribution in [1.82, 2.24) is 14.9 Å². The van der Waals surface area contributed by atoms with Gasteiger partial charge in [-0.15, -0.1) is 0 Å². The monoisotopic (exact) mass is 378 g/mol. The standard InChI is InChI=1S/C16H15ClN4O3S/c1-11-2-8-14(9-3-11)25(23,24)20-21-15(18-19-16(21)22)10-12-4-6-13(17)7-5-12/h2-9,20H,10H2,1H3,(H,19,22). The lowest BCUT2D eigenvalue weighted by Crippen LogP contribution is -2.33. The van der Waals surface area contributed by atoms with Crippen molar-refractivity contribution in [2.45, 2.75) is 18.2 Å². The fraction of sp³-hybridized carbons (Fsp3) is 0.125. The Morgan fingerprint density at radius 3 is 2.40 bits per heavy atom. The zero-order chi connectivity index (χ0) is 18.0. The number of aromatic amines is 1. The molecule has 0 radical (unpaired) electrons. The molecule has 1 aromatic heterocycles. The van der Waals surface area contributed by atoms with E-state index < -0.39 is 15.7 Å². The highest BCUT2D eigenvalue weighted by atomic mass is 35.5. The summed E-state index contributed by atoms with van der Waals surface area (Å²) in [7, 11) is -3.91. The number of hydrogen-bond acceptors (Lipinski definition) is 4. The Labute approximate surface area is 149 Å². The maximum absolute atomic E-state index is 12.5. The number of hydrogen-bond donors (Lipinski definition) is 2. The number of halogens is 1. The molecule has 130 valence electrons. The molecule has 0 aliphatic heterocycles. The second-order valence-electron chi connectivity index (χ2n) is 5.49. The fourth-order valence-corrected chi connectivity index (χ4v) is 3.37. The van der Waals surface area contributed by atoms with Gasteiger partial charge in [0.25, 0.3) is 10.0 Å². The molecule has 3 rings (SSSR count). The number of rotatable bonds is 5. The second kappa shape index (κ2) is 6.73. The first kappa shape index (κ1) is 17.2. The molecule has 2 aromatic carbocycles. The van der Waals surface area contributed by atoms with Crippen LogP contribution in [0.4, 0.5) is 0 Å². The number of benzene rings is 2. The van der Waals surface area contributed by atoms with Crippen LogP contribution in [0.15, 0.2) is 58.2 Å². The van der Waals surface area contributed by atoms with Gasteiger partial charge in [0.05, 0.1) is 4.90 Å². The van der Waals surface area contributed by atoms with Crippen LogP contribution in [0.25, 0.3) is 0 Å². The third-order valence-corrected chi connectivity index (χ3v) is 5.13. The van der Waals surface area contributed by atoms with E-state index in [2.05, 4.69) is 15.0 Å². The Kier molecular flexibility index (Phi) is 4.65. The van der Waals surface area contributed by atoms with Crippen molar-refractivity contribution in [3.05, 3.63) is 81.0 Å². The van der Waals surface area contributed by atoms with Gasteiger partial charge in [-0.3, -0.25) is 0 Å². The number of aryl methyl sites for hydroxylation is 1. The van der Waals surface area contributed by atoms with E-state index in [0.717, 1.165) is 15.8 Å². The maximum atomic E-state index is 12.5. The highest BCUT2D eigenvalue weighted by Crippen LogP contribution is 2.13. The third-order valence-electron chi connectivity index (χ3n) is 3.56. The molecule has 0 aliphatic carbocycles. The Hall–Kier alpha value is -2.58. The van der Waals surface area contributed by atoms with E-state index >= 15 is 0 Å². The predicted octanol–water partition coefficient (Wildman–Crippen LogP) is 2.06. The van der Waals surface area contributed by atoms with E-state index in [1.54, 1.807) is 36.4 Å². The molecule has 0 aliphatic rings. The van der Waals surface area contributed by atoms with Gasteiger partial charge < -0.3 is 0 Å². The van der Waals surface area contributed by atoms with Gasteiger partial charge in [-0.1, -0.05) is 41.4 Å². The number of sulfonamides is 1. The smallest absolute Gasteiger partial charge is 0.244 e. The van der Waals surface area contributed by atoms with E-state index in [1.165, 1.54) is 12.1 Å². The topological polar surface area (TPSA) is 96.8 Å². The molecule has 0 fully saturated rings. The number of H-pyrrole nitrogens is 1. The highest BCUT2D eigenvalue weighted by Gasteiger charge is 2.18. The van der Waals surface area contributed by atoms with Crippen molar-refractivity contribution < 1.29 is 8.42 Å². The van der Waals surface area contributed by atoms with Crippen LogP contribution in [0.1, 0.15) is 17.0 Å². The molecular formula is C16H15ClN4O3S. The molecule has 0 amide bonds. The summed E-state index contributed by atoms with van der Waals surface area (Å²) in [6, 6.07) is 13.3. The summed E-state index contributed by atoms with van der Waals surface area (Å²) in [6.45, 7) is 1.86. The Morgan fingerprint density at radius 2 is 1.76 bits per heavy atom. The Bertz CT molecular complexity index is 1040. The van der Waals surface area contributed by atoms with Crippen LogP contribution >= 0.6 is 11.6 Å². The molecule has 0 spiro atoms. The molecule has 0 atom stereocenters. The van der Waals surface area contributed by atoms with E-state index in [9.17, 15) is 13.2 Å². The quantitative estimate of drug-likeness (QED) is 0.710. The number of aromatic nitrogens is 3. The van der Waals surface area contributed by atoms with Crippen LogP contribution < -0.4 is 10.5 Å². The van der Waals surface area contributed by atoms with Crippen LogP contribution in [0, 0.1) is 6.92 Å². The average molecular weight is 379 g/mol. The summed E-state index contributed by atoms with van der Waals surface area (Å²) in [5.41, 5.74) is 1.10. The van der Waals surface area contributed by atoms with Crippen molar-refractivity contribution in [2.24, 2.45) is 0 Å². The molecule has 7 nitrogen and oxygen atoms in total. The Morgan fingerprint density at radius 1 is 1.12 bits per heavy atom. The van der Waals surface area contributed by atoms with Crippen LogP contribution in [-0.2, 0) is 16.4 Å². The predicted molar refractivity (Wildman–Crippen MR) is 94.8 cm³/mol. The maximum Gasteiger partial charge on any atom is 0.363 e. The summed E-state index contributed by atoms with van der Waals surface area (Å²) in [4.78, 5) is 14.3. The molecule has 0 saturated heterocycles. The van der Waals surface area contributed by atoms with Gasteiger partial charge in [-0.2, -0.15) is 18.2 Å². The van der Waals surface area contributed by atoms with Crippen molar-refractivity contribution in [2.75, 3.05) is 4.83 Å². The summed E-state index contributed by atoms with van der Waals surface area (Å²) < 4.78 is 25.9.